The summed E-state index contributed by atoms with van der Waals surface area (Å²) in [5, 5.41) is 0. The molecule has 0 aliphatic heterocycles. The molecule has 0 amide bonds. The van der Waals surface area contributed by atoms with E-state index in [2.05, 4.69) is 15.3 Å². The molecule has 4 heteroatoms. The minimum Gasteiger partial charge on any atom is -0.316 e. The topological polar surface area (TPSA) is 39.1 Å². The Labute approximate surface area is 59.8 Å². The van der Waals surface area contributed by atoms with Crippen LogP contribution < -0.4 is 5.48 Å². The molecule has 0 aliphatic rings. The standard InChI is InChI=1S/C6H11N3O/c1-5-4-7-6(8-10-3)9(5)2/h4H,1-3H3,(H,7,8). The maximum absolute atomic E-state index is 4.69. The van der Waals surface area contributed by atoms with E-state index in [4.69, 9.17) is 0 Å². The molecule has 1 N–H and O–H groups in total. The molecular formula is C6H11N3O. The van der Waals surface area contributed by atoms with E-state index in [0.29, 0.717) is 0 Å². The molecule has 10 heavy (non-hydrogen) atoms. The molecule has 0 atom stereocenters. The number of aryl methyl sites for hydroxylation is 1. The predicted octanol–water partition coefficient (Wildman–Crippen LogP) is 0.702. The smallest absolute Gasteiger partial charge is 0.227 e. The molecule has 0 fully saturated rings. The van der Waals surface area contributed by atoms with Crippen molar-refractivity contribution in [1.82, 2.24) is 9.55 Å². The zero-order chi connectivity index (χ0) is 7.56. The van der Waals surface area contributed by atoms with Gasteiger partial charge in [-0.05, 0) is 6.92 Å². The molecule has 0 saturated heterocycles. The molecule has 0 radical (unpaired) electrons. The Morgan fingerprint density at radius 2 is 2.40 bits per heavy atom. The van der Waals surface area contributed by atoms with Crippen molar-refractivity contribution in [2.75, 3.05) is 12.6 Å². The lowest BCUT2D eigenvalue weighted by Gasteiger charge is -2.02. The molecule has 4 nitrogen and oxygen atoms in total. The molecule has 0 saturated carbocycles. The van der Waals surface area contributed by atoms with Crippen LogP contribution in [0, 0.1) is 6.92 Å². The van der Waals surface area contributed by atoms with E-state index < -0.39 is 0 Å². The summed E-state index contributed by atoms with van der Waals surface area (Å²) >= 11 is 0. The second kappa shape index (κ2) is 2.70. The van der Waals surface area contributed by atoms with E-state index in [1.807, 2.05) is 18.5 Å². The van der Waals surface area contributed by atoms with Gasteiger partial charge in [-0.2, -0.15) is 0 Å². The SMILES string of the molecule is CONc1ncc(C)n1C. The molecular weight excluding hydrogens is 130 g/mol. The van der Waals surface area contributed by atoms with E-state index in [9.17, 15) is 0 Å². The van der Waals surface area contributed by atoms with Crippen molar-refractivity contribution in [3.63, 3.8) is 0 Å². The van der Waals surface area contributed by atoms with Gasteiger partial charge in [0.15, 0.2) is 0 Å². The Bertz CT molecular complexity index is 219. The molecule has 1 aromatic rings. The zero-order valence-electron chi connectivity index (χ0n) is 6.38. The summed E-state index contributed by atoms with van der Waals surface area (Å²) in [7, 11) is 3.48. The minimum atomic E-state index is 0.722. The first kappa shape index (κ1) is 7.08. The third-order valence-corrected chi connectivity index (χ3v) is 1.41. The maximum atomic E-state index is 4.69. The van der Waals surface area contributed by atoms with Crippen molar-refractivity contribution in [1.29, 1.82) is 0 Å². The van der Waals surface area contributed by atoms with Crippen molar-refractivity contribution in [3.05, 3.63) is 11.9 Å². The average Bonchev–Trinajstić information content (AvgIpc) is 2.20. The van der Waals surface area contributed by atoms with E-state index in [1.165, 1.54) is 0 Å². The van der Waals surface area contributed by atoms with Gasteiger partial charge in [-0.25, -0.2) is 10.5 Å². The minimum absolute atomic E-state index is 0.722. The highest BCUT2D eigenvalue weighted by Crippen LogP contribution is 2.05. The average molecular weight is 141 g/mol. The Morgan fingerprint density at radius 3 is 2.80 bits per heavy atom. The normalized spacial score (nSPS) is 9.90. The number of nitrogens with zero attached hydrogens (tertiary/aromatic N) is 2. The van der Waals surface area contributed by atoms with Crippen molar-refractivity contribution < 1.29 is 4.84 Å². The Morgan fingerprint density at radius 1 is 1.70 bits per heavy atom. The summed E-state index contributed by atoms with van der Waals surface area (Å²) in [6.45, 7) is 1.98. The molecule has 0 aromatic carbocycles. The molecule has 0 aliphatic carbocycles. The highest BCUT2D eigenvalue weighted by molar-refractivity contribution is 5.25. The fourth-order valence-electron chi connectivity index (χ4n) is 0.681. The van der Waals surface area contributed by atoms with Crippen LogP contribution in [-0.2, 0) is 11.9 Å². The first-order valence-electron chi connectivity index (χ1n) is 3.03. The molecule has 1 rings (SSSR count). The maximum Gasteiger partial charge on any atom is 0.227 e. The van der Waals surface area contributed by atoms with Gasteiger partial charge in [0.05, 0.1) is 13.3 Å². The van der Waals surface area contributed by atoms with Gasteiger partial charge < -0.3 is 4.57 Å². The van der Waals surface area contributed by atoms with Gasteiger partial charge in [-0.1, -0.05) is 0 Å². The largest absolute Gasteiger partial charge is 0.316 e. The van der Waals surface area contributed by atoms with Crippen molar-refractivity contribution in [2.45, 2.75) is 6.92 Å². The third kappa shape index (κ3) is 1.11. The van der Waals surface area contributed by atoms with Gasteiger partial charge in [-0.3, -0.25) is 4.84 Å². The van der Waals surface area contributed by atoms with E-state index >= 15 is 0 Å². The lowest BCUT2D eigenvalue weighted by molar-refractivity contribution is 0.265. The van der Waals surface area contributed by atoms with Gasteiger partial charge in [0.2, 0.25) is 5.95 Å². The molecule has 0 bridgehead atoms. The predicted molar refractivity (Wildman–Crippen MR) is 38.6 cm³/mol. The number of hydrogen-bond donors (Lipinski definition) is 1. The van der Waals surface area contributed by atoms with Crippen LogP contribution in [0.3, 0.4) is 0 Å². The van der Waals surface area contributed by atoms with Crippen molar-refractivity contribution >= 4 is 5.95 Å². The molecule has 0 unspecified atom stereocenters. The summed E-state index contributed by atoms with van der Waals surface area (Å²) in [6, 6.07) is 0. The summed E-state index contributed by atoms with van der Waals surface area (Å²) in [5.74, 6) is 0.722. The molecule has 1 aromatic heterocycles. The lowest BCUT2D eigenvalue weighted by atomic mass is 10.5. The van der Waals surface area contributed by atoms with Crippen LogP contribution in [0.1, 0.15) is 5.69 Å². The lowest BCUT2D eigenvalue weighted by Crippen LogP contribution is -2.03. The fraction of sp³-hybridized carbons (Fsp3) is 0.500. The van der Waals surface area contributed by atoms with Gasteiger partial charge in [0.25, 0.3) is 0 Å². The van der Waals surface area contributed by atoms with Crippen molar-refractivity contribution in [2.24, 2.45) is 7.05 Å². The Kier molecular flexibility index (Phi) is 1.91. The first-order valence-corrected chi connectivity index (χ1v) is 3.03. The van der Waals surface area contributed by atoms with Gasteiger partial charge in [0, 0.05) is 12.7 Å². The van der Waals surface area contributed by atoms with Crippen LogP contribution in [0.5, 0.6) is 0 Å². The van der Waals surface area contributed by atoms with Crippen LogP contribution in [0.2, 0.25) is 0 Å². The van der Waals surface area contributed by atoms with Crippen LogP contribution in [-0.4, -0.2) is 16.7 Å². The number of aromatic nitrogens is 2. The van der Waals surface area contributed by atoms with Gasteiger partial charge >= 0.3 is 0 Å². The van der Waals surface area contributed by atoms with E-state index in [-0.39, 0.29) is 0 Å². The van der Waals surface area contributed by atoms with E-state index in [0.717, 1.165) is 11.6 Å². The highest BCUT2D eigenvalue weighted by atomic mass is 16.6. The van der Waals surface area contributed by atoms with Crippen LogP contribution in [0.15, 0.2) is 6.20 Å². The van der Waals surface area contributed by atoms with E-state index in [1.54, 1.807) is 13.3 Å². The van der Waals surface area contributed by atoms with Gasteiger partial charge in [0.1, 0.15) is 0 Å². The molecule has 56 valence electrons. The molecule has 1 heterocycles. The molecule has 0 spiro atoms. The zero-order valence-corrected chi connectivity index (χ0v) is 6.38. The monoisotopic (exact) mass is 141 g/mol. The van der Waals surface area contributed by atoms with Crippen LogP contribution >= 0.6 is 0 Å². The number of imidazole rings is 1. The number of nitrogens with one attached hydrogen (secondary N) is 1. The number of anilines is 1. The van der Waals surface area contributed by atoms with Gasteiger partial charge in [-0.15, -0.1) is 0 Å². The Balaban J connectivity index is 2.83. The van der Waals surface area contributed by atoms with Crippen LogP contribution in [0.4, 0.5) is 5.95 Å². The second-order valence-electron chi connectivity index (χ2n) is 2.09. The first-order chi connectivity index (χ1) is 4.75. The number of hydrogen-bond acceptors (Lipinski definition) is 3. The van der Waals surface area contributed by atoms with Crippen LogP contribution in [0.25, 0.3) is 0 Å². The summed E-state index contributed by atoms with van der Waals surface area (Å²) < 4.78 is 1.91. The summed E-state index contributed by atoms with van der Waals surface area (Å²) in [6.07, 6.45) is 1.78. The summed E-state index contributed by atoms with van der Waals surface area (Å²) in [4.78, 5) is 8.72. The fourth-order valence-corrected chi connectivity index (χ4v) is 0.681. The number of rotatable bonds is 2. The highest BCUT2D eigenvalue weighted by Gasteiger charge is 1.99. The summed E-state index contributed by atoms with van der Waals surface area (Å²) in [5.41, 5.74) is 3.75. The second-order valence-corrected chi connectivity index (χ2v) is 2.09. The Hall–Kier alpha value is -1.03. The third-order valence-electron chi connectivity index (χ3n) is 1.41. The quantitative estimate of drug-likeness (QED) is 0.616. The van der Waals surface area contributed by atoms with Crippen molar-refractivity contribution in [3.8, 4) is 0 Å².